The number of ether oxygens (including phenoxy) is 1. The first-order valence-electron chi connectivity index (χ1n) is 4.11. The predicted molar refractivity (Wildman–Crippen MR) is 53.9 cm³/mol. The van der Waals surface area contributed by atoms with E-state index in [1.807, 2.05) is 35.9 Å². The van der Waals surface area contributed by atoms with Crippen molar-refractivity contribution in [2.45, 2.75) is 0 Å². The Morgan fingerprint density at radius 2 is 2.08 bits per heavy atom. The second-order valence-corrected chi connectivity index (χ2v) is 3.05. The van der Waals surface area contributed by atoms with E-state index in [-0.39, 0.29) is 0 Å². The van der Waals surface area contributed by atoms with Crippen LogP contribution in [0, 0.1) is 0 Å². The highest BCUT2D eigenvalue weighted by Gasteiger charge is 2.02. The Balaban J connectivity index is 2.73. The van der Waals surface area contributed by atoms with Gasteiger partial charge in [-0.2, -0.15) is 0 Å². The first-order chi connectivity index (χ1) is 6.22. The molecule has 0 atom stereocenters. The summed E-state index contributed by atoms with van der Waals surface area (Å²) >= 11 is 0. The topological polar surface area (TPSA) is 40.2 Å². The molecule has 0 aliphatic rings. The number of nitrogens with zero attached hydrogens (tertiary/aromatic N) is 1. The minimum atomic E-state index is 0.767. The molecule has 2 aromatic rings. The molecule has 1 aromatic heterocycles. The van der Waals surface area contributed by atoms with Crippen molar-refractivity contribution in [3.63, 3.8) is 0 Å². The van der Waals surface area contributed by atoms with E-state index < -0.39 is 0 Å². The summed E-state index contributed by atoms with van der Waals surface area (Å²) in [6.07, 6.45) is 0. The van der Waals surface area contributed by atoms with Gasteiger partial charge < -0.3 is 15.0 Å². The number of anilines is 1. The minimum absolute atomic E-state index is 0.767. The van der Waals surface area contributed by atoms with Crippen molar-refractivity contribution in [1.29, 1.82) is 0 Å². The van der Waals surface area contributed by atoms with Crippen LogP contribution in [0.3, 0.4) is 0 Å². The maximum atomic E-state index is 5.77. The van der Waals surface area contributed by atoms with Gasteiger partial charge >= 0.3 is 0 Å². The Morgan fingerprint density at radius 1 is 1.31 bits per heavy atom. The average molecular weight is 176 g/mol. The van der Waals surface area contributed by atoms with E-state index in [4.69, 9.17) is 10.5 Å². The van der Waals surface area contributed by atoms with Crippen LogP contribution in [0.2, 0.25) is 0 Å². The number of nitrogens with two attached hydrogens (primary N) is 1. The average Bonchev–Trinajstić information content (AvgIpc) is 2.42. The SMILES string of the molecule is COc1ccc2c(c1)cc(N)n2C. The minimum Gasteiger partial charge on any atom is -0.497 e. The lowest BCUT2D eigenvalue weighted by Gasteiger charge is -2.00. The van der Waals surface area contributed by atoms with Crippen molar-refractivity contribution in [3.05, 3.63) is 24.3 Å². The van der Waals surface area contributed by atoms with E-state index in [2.05, 4.69) is 0 Å². The number of methoxy groups -OCH3 is 1. The lowest BCUT2D eigenvalue weighted by atomic mass is 10.2. The fourth-order valence-electron chi connectivity index (χ4n) is 1.48. The molecule has 0 aliphatic carbocycles. The summed E-state index contributed by atoms with van der Waals surface area (Å²) in [6, 6.07) is 7.86. The van der Waals surface area contributed by atoms with Gasteiger partial charge in [-0.3, -0.25) is 0 Å². The van der Waals surface area contributed by atoms with Crippen molar-refractivity contribution in [2.24, 2.45) is 7.05 Å². The Labute approximate surface area is 76.7 Å². The molecule has 0 saturated heterocycles. The van der Waals surface area contributed by atoms with Crippen molar-refractivity contribution < 1.29 is 4.74 Å². The van der Waals surface area contributed by atoms with Crippen LogP contribution in [0.25, 0.3) is 10.9 Å². The molecule has 0 amide bonds. The molecule has 3 heteroatoms. The molecule has 13 heavy (non-hydrogen) atoms. The summed E-state index contributed by atoms with van der Waals surface area (Å²) in [6.45, 7) is 0. The van der Waals surface area contributed by atoms with Gasteiger partial charge in [-0.1, -0.05) is 0 Å². The fourth-order valence-corrected chi connectivity index (χ4v) is 1.48. The van der Waals surface area contributed by atoms with Gasteiger partial charge in [-0.05, 0) is 24.3 Å². The van der Waals surface area contributed by atoms with Gasteiger partial charge in [0, 0.05) is 18.0 Å². The third kappa shape index (κ3) is 1.13. The lowest BCUT2D eigenvalue weighted by molar-refractivity contribution is 0.415. The molecule has 68 valence electrons. The second kappa shape index (κ2) is 2.69. The number of aryl methyl sites for hydroxylation is 1. The molecule has 2 N–H and O–H groups in total. The van der Waals surface area contributed by atoms with Gasteiger partial charge in [0.05, 0.1) is 7.11 Å². The van der Waals surface area contributed by atoms with E-state index in [1.165, 1.54) is 0 Å². The van der Waals surface area contributed by atoms with Crippen LogP contribution in [0.15, 0.2) is 24.3 Å². The first-order valence-corrected chi connectivity index (χ1v) is 4.11. The lowest BCUT2D eigenvalue weighted by Crippen LogP contribution is -1.94. The molecule has 0 spiro atoms. The number of hydrogen-bond donors (Lipinski definition) is 1. The monoisotopic (exact) mass is 176 g/mol. The van der Waals surface area contributed by atoms with Crippen molar-refractivity contribution in [2.75, 3.05) is 12.8 Å². The molecular formula is C10H12N2O. The normalized spacial score (nSPS) is 10.6. The largest absolute Gasteiger partial charge is 0.497 e. The quantitative estimate of drug-likeness (QED) is 0.719. The molecule has 2 rings (SSSR count). The number of benzene rings is 1. The van der Waals surface area contributed by atoms with Crippen LogP contribution in [-0.4, -0.2) is 11.7 Å². The van der Waals surface area contributed by atoms with Gasteiger partial charge in [0.2, 0.25) is 0 Å². The maximum absolute atomic E-state index is 5.77. The Hall–Kier alpha value is -1.64. The van der Waals surface area contributed by atoms with Crippen molar-refractivity contribution in [3.8, 4) is 5.75 Å². The standard InChI is InChI=1S/C10H12N2O/c1-12-9-4-3-8(13-2)5-7(9)6-10(12)11/h3-6H,11H2,1-2H3. The van der Waals surface area contributed by atoms with Gasteiger partial charge in [-0.25, -0.2) is 0 Å². The molecule has 3 nitrogen and oxygen atoms in total. The van der Waals surface area contributed by atoms with Crippen LogP contribution >= 0.6 is 0 Å². The van der Waals surface area contributed by atoms with E-state index in [0.717, 1.165) is 22.5 Å². The van der Waals surface area contributed by atoms with E-state index >= 15 is 0 Å². The molecular weight excluding hydrogens is 164 g/mol. The predicted octanol–water partition coefficient (Wildman–Crippen LogP) is 1.77. The highest BCUT2D eigenvalue weighted by molar-refractivity contribution is 5.85. The van der Waals surface area contributed by atoms with Crippen molar-refractivity contribution in [1.82, 2.24) is 4.57 Å². The first kappa shape index (κ1) is 7.98. The molecule has 0 bridgehead atoms. The summed E-state index contributed by atoms with van der Waals surface area (Å²) in [7, 11) is 3.61. The number of hydrogen-bond acceptors (Lipinski definition) is 2. The van der Waals surface area contributed by atoms with E-state index in [9.17, 15) is 0 Å². The van der Waals surface area contributed by atoms with Crippen LogP contribution < -0.4 is 10.5 Å². The second-order valence-electron chi connectivity index (χ2n) is 3.05. The Morgan fingerprint density at radius 3 is 2.77 bits per heavy atom. The fraction of sp³-hybridized carbons (Fsp3) is 0.200. The molecule has 1 heterocycles. The molecule has 0 radical (unpaired) electrons. The maximum Gasteiger partial charge on any atom is 0.119 e. The highest BCUT2D eigenvalue weighted by atomic mass is 16.5. The molecule has 0 fully saturated rings. The molecule has 0 aliphatic heterocycles. The van der Waals surface area contributed by atoms with Gasteiger partial charge in [0.25, 0.3) is 0 Å². The summed E-state index contributed by atoms with van der Waals surface area (Å²) in [4.78, 5) is 0. The third-order valence-electron chi connectivity index (χ3n) is 2.29. The van der Waals surface area contributed by atoms with Crippen LogP contribution in [0.1, 0.15) is 0 Å². The van der Waals surface area contributed by atoms with E-state index in [0.29, 0.717) is 0 Å². The summed E-state index contributed by atoms with van der Waals surface area (Å²) in [5.74, 6) is 1.63. The van der Waals surface area contributed by atoms with E-state index in [1.54, 1.807) is 7.11 Å². The molecule has 1 aromatic carbocycles. The van der Waals surface area contributed by atoms with Crippen LogP contribution in [0.5, 0.6) is 5.75 Å². The zero-order chi connectivity index (χ0) is 9.42. The highest BCUT2D eigenvalue weighted by Crippen LogP contribution is 2.24. The zero-order valence-electron chi connectivity index (χ0n) is 7.74. The van der Waals surface area contributed by atoms with Gasteiger partial charge in [0.1, 0.15) is 11.6 Å². The summed E-state index contributed by atoms with van der Waals surface area (Å²) in [5.41, 5.74) is 6.89. The number of nitrogen functional groups attached to an aromatic ring is 1. The van der Waals surface area contributed by atoms with Gasteiger partial charge in [0.15, 0.2) is 0 Å². The summed E-state index contributed by atoms with van der Waals surface area (Å²) in [5, 5.41) is 1.11. The van der Waals surface area contributed by atoms with Crippen LogP contribution in [0.4, 0.5) is 5.82 Å². The van der Waals surface area contributed by atoms with Crippen LogP contribution in [-0.2, 0) is 7.05 Å². The van der Waals surface area contributed by atoms with Gasteiger partial charge in [-0.15, -0.1) is 0 Å². The Bertz CT molecular complexity index is 445. The molecule has 0 saturated carbocycles. The zero-order valence-corrected chi connectivity index (χ0v) is 7.74. The third-order valence-corrected chi connectivity index (χ3v) is 2.29. The number of rotatable bonds is 1. The van der Waals surface area contributed by atoms with Crippen molar-refractivity contribution >= 4 is 16.7 Å². The number of aromatic nitrogens is 1. The summed E-state index contributed by atoms with van der Waals surface area (Å²) < 4.78 is 7.07. The number of fused-ring (bicyclic) bond motifs is 1. The Kier molecular flexibility index (Phi) is 1.65. The smallest absolute Gasteiger partial charge is 0.119 e. The molecule has 0 unspecified atom stereocenters.